The Morgan fingerprint density at radius 3 is 2.63 bits per heavy atom. The van der Waals surface area contributed by atoms with Gasteiger partial charge in [-0.2, -0.15) is 4.98 Å². The second kappa shape index (κ2) is 10.00. The first-order valence-electron chi connectivity index (χ1n) is 10.7. The van der Waals surface area contributed by atoms with Crippen molar-refractivity contribution in [3.8, 4) is 11.4 Å². The smallest absolute Gasteiger partial charge is 0.250 e. The van der Waals surface area contributed by atoms with E-state index in [1.165, 1.54) is 6.07 Å². The molecule has 35 heavy (non-hydrogen) atoms. The van der Waals surface area contributed by atoms with E-state index in [9.17, 15) is 9.59 Å². The second-order valence-electron chi connectivity index (χ2n) is 8.26. The van der Waals surface area contributed by atoms with Gasteiger partial charge in [0.15, 0.2) is 0 Å². The van der Waals surface area contributed by atoms with Gasteiger partial charge in [0.1, 0.15) is 11.6 Å². The maximum absolute atomic E-state index is 12.2. The number of anilines is 5. The second-order valence-corrected chi connectivity index (χ2v) is 8.70. The van der Waals surface area contributed by atoms with Crippen molar-refractivity contribution in [1.82, 2.24) is 19.9 Å². The third kappa shape index (κ3) is 5.68. The number of carbonyl (C=O) groups is 2. The molecule has 10 nitrogen and oxygen atoms in total. The van der Waals surface area contributed by atoms with E-state index in [1.54, 1.807) is 29.3 Å². The van der Waals surface area contributed by atoms with Crippen molar-refractivity contribution in [2.24, 2.45) is 5.73 Å². The van der Waals surface area contributed by atoms with Crippen molar-refractivity contribution in [1.29, 1.82) is 0 Å². The molecule has 0 bridgehead atoms. The first-order chi connectivity index (χ1) is 16.7. The molecule has 2 heterocycles. The van der Waals surface area contributed by atoms with Crippen molar-refractivity contribution in [2.45, 2.75) is 6.92 Å². The highest BCUT2D eigenvalue weighted by atomic mass is 35.5. The molecule has 0 atom stereocenters. The Morgan fingerprint density at radius 2 is 1.89 bits per heavy atom. The van der Waals surface area contributed by atoms with Gasteiger partial charge in [-0.3, -0.25) is 9.59 Å². The summed E-state index contributed by atoms with van der Waals surface area (Å²) in [6.07, 6.45) is 1.65. The monoisotopic (exact) mass is 492 g/mol. The number of nitrogens with one attached hydrogen (secondary N) is 4. The SMILES string of the molecule is Cc1ccc(NC(=O)CN(C)C)cc1Nc1nc(Nc2ccc(Cl)cc2C(N)=O)c2ccnc-2[nH]1. The van der Waals surface area contributed by atoms with Crippen molar-refractivity contribution in [2.75, 3.05) is 36.6 Å². The molecule has 2 aliphatic rings. The van der Waals surface area contributed by atoms with Crippen molar-refractivity contribution in [3.63, 3.8) is 0 Å². The average molecular weight is 493 g/mol. The van der Waals surface area contributed by atoms with Crippen LogP contribution in [-0.4, -0.2) is 52.3 Å². The summed E-state index contributed by atoms with van der Waals surface area (Å²) in [6.45, 7) is 2.22. The Kier molecular flexibility index (Phi) is 6.85. The van der Waals surface area contributed by atoms with Crippen LogP contribution < -0.4 is 21.7 Å². The molecule has 0 radical (unpaired) electrons. The van der Waals surface area contributed by atoms with Gasteiger partial charge in [0.05, 0.1) is 23.4 Å². The summed E-state index contributed by atoms with van der Waals surface area (Å²) in [5.74, 6) is 0.741. The van der Waals surface area contributed by atoms with Gasteiger partial charge in [0, 0.05) is 22.6 Å². The summed E-state index contributed by atoms with van der Waals surface area (Å²) < 4.78 is 0. The van der Waals surface area contributed by atoms with Gasteiger partial charge < -0.3 is 31.6 Å². The van der Waals surface area contributed by atoms with Crippen LogP contribution in [0.25, 0.3) is 11.4 Å². The maximum Gasteiger partial charge on any atom is 0.250 e. The number of fused-ring (bicyclic) bond motifs is 1. The molecule has 11 heteroatoms. The molecule has 0 aliphatic carbocycles. The number of aryl methyl sites for hydroxylation is 1. The van der Waals surface area contributed by atoms with Crippen LogP contribution in [0.1, 0.15) is 15.9 Å². The highest BCUT2D eigenvalue weighted by Gasteiger charge is 2.17. The van der Waals surface area contributed by atoms with E-state index < -0.39 is 5.91 Å². The molecular formula is C24H25ClN8O2. The highest BCUT2D eigenvalue weighted by molar-refractivity contribution is 6.31. The van der Waals surface area contributed by atoms with E-state index >= 15 is 0 Å². The molecule has 2 aromatic rings. The van der Waals surface area contributed by atoms with Crippen LogP contribution in [0.5, 0.6) is 0 Å². The van der Waals surface area contributed by atoms with Crippen LogP contribution in [0, 0.1) is 6.92 Å². The fourth-order valence-electron chi connectivity index (χ4n) is 3.50. The minimum atomic E-state index is -0.614. The number of amides is 2. The first kappa shape index (κ1) is 24.0. The van der Waals surface area contributed by atoms with Gasteiger partial charge in [-0.1, -0.05) is 17.7 Å². The maximum atomic E-state index is 12.2. The molecule has 2 amide bonds. The van der Waals surface area contributed by atoms with E-state index in [2.05, 4.69) is 30.9 Å². The summed E-state index contributed by atoms with van der Waals surface area (Å²) in [5.41, 5.74) is 9.32. The number of nitrogens with two attached hydrogens (primary N) is 1. The van der Waals surface area contributed by atoms with Gasteiger partial charge in [-0.05, 0) is 63.0 Å². The lowest BCUT2D eigenvalue weighted by molar-refractivity contribution is -0.116. The standard InChI is InChI=1S/C24H25ClN8O2/c1-13-4-6-15(28-20(34)12-33(2)3)11-19(13)30-24-31-22-16(8-9-27-22)23(32-24)29-18-7-5-14(25)10-17(18)21(26)35/h4-11H,12H2,1-3H3,(H2,26,35)(H,28,34)(H3,27,29,30,31,32). The molecule has 2 aliphatic heterocycles. The zero-order chi connectivity index (χ0) is 25.1. The summed E-state index contributed by atoms with van der Waals surface area (Å²) in [6, 6.07) is 12.2. The largest absolute Gasteiger partial charge is 0.366 e. The molecule has 0 aromatic heterocycles. The molecule has 0 spiro atoms. The predicted molar refractivity (Wildman–Crippen MR) is 138 cm³/mol. The van der Waals surface area contributed by atoms with Gasteiger partial charge in [0.25, 0.3) is 5.91 Å². The van der Waals surface area contributed by atoms with Crippen LogP contribution in [0.2, 0.25) is 5.02 Å². The number of likely N-dealkylation sites (N-methyl/N-ethyl adjacent to an activating group) is 1. The fourth-order valence-corrected chi connectivity index (χ4v) is 3.67. The molecule has 2 aromatic carbocycles. The van der Waals surface area contributed by atoms with Gasteiger partial charge in [-0.25, -0.2) is 4.98 Å². The fraction of sp³-hybridized carbons (Fsp3) is 0.167. The average Bonchev–Trinajstić information content (AvgIpc) is 3.25. The lowest BCUT2D eigenvalue weighted by Gasteiger charge is -2.16. The van der Waals surface area contributed by atoms with Gasteiger partial charge in [0.2, 0.25) is 11.9 Å². The number of aromatic amines is 1. The normalized spacial score (nSPS) is 11.0. The molecule has 0 saturated carbocycles. The zero-order valence-corrected chi connectivity index (χ0v) is 20.2. The van der Waals surface area contributed by atoms with E-state index in [0.717, 1.165) is 16.8 Å². The van der Waals surface area contributed by atoms with E-state index in [1.807, 2.05) is 39.2 Å². The number of H-pyrrole nitrogens is 1. The number of halogens is 1. The molecular weight excluding hydrogens is 468 g/mol. The lowest BCUT2D eigenvalue weighted by Crippen LogP contribution is -2.27. The van der Waals surface area contributed by atoms with Crippen molar-refractivity contribution < 1.29 is 9.59 Å². The van der Waals surface area contributed by atoms with Crippen molar-refractivity contribution >= 4 is 52.2 Å². The number of benzene rings is 2. The topological polar surface area (TPSA) is 141 Å². The van der Waals surface area contributed by atoms with Crippen LogP contribution >= 0.6 is 11.6 Å². The van der Waals surface area contributed by atoms with Crippen LogP contribution in [0.15, 0.2) is 48.7 Å². The minimum Gasteiger partial charge on any atom is -0.366 e. The summed E-state index contributed by atoms with van der Waals surface area (Å²) in [4.78, 5) is 38.1. The summed E-state index contributed by atoms with van der Waals surface area (Å²) in [7, 11) is 3.66. The van der Waals surface area contributed by atoms with E-state index in [4.69, 9.17) is 17.3 Å². The third-order valence-electron chi connectivity index (χ3n) is 5.15. The Balaban J connectivity index is 1.65. The Labute approximate surface area is 207 Å². The number of aromatic nitrogens is 3. The number of rotatable bonds is 8. The molecule has 0 saturated heterocycles. The Bertz CT molecular complexity index is 1370. The van der Waals surface area contributed by atoms with E-state index in [-0.39, 0.29) is 18.0 Å². The number of hydrogen-bond donors (Lipinski definition) is 5. The van der Waals surface area contributed by atoms with Crippen LogP contribution in [0.4, 0.5) is 28.8 Å². The van der Waals surface area contributed by atoms with Crippen LogP contribution in [-0.2, 0) is 4.79 Å². The molecule has 4 rings (SSSR count). The van der Waals surface area contributed by atoms with Gasteiger partial charge >= 0.3 is 0 Å². The molecule has 0 unspecified atom stereocenters. The summed E-state index contributed by atoms with van der Waals surface area (Å²) in [5, 5.41) is 9.72. The molecule has 180 valence electrons. The van der Waals surface area contributed by atoms with Gasteiger partial charge in [-0.15, -0.1) is 0 Å². The number of hydrogen-bond acceptors (Lipinski definition) is 7. The van der Waals surface area contributed by atoms with E-state index in [0.29, 0.717) is 34.0 Å². The number of primary amides is 1. The number of carbonyl (C=O) groups excluding carboxylic acids is 2. The van der Waals surface area contributed by atoms with Crippen LogP contribution in [0.3, 0.4) is 0 Å². The summed E-state index contributed by atoms with van der Waals surface area (Å²) >= 11 is 6.04. The first-order valence-corrected chi connectivity index (χ1v) is 11.1. The number of nitrogens with zero attached hydrogens (tertiary/aromatic N) is 3. The third-order valence-corrected chi connectivity index (χ3v) is 5.38. The minimum absolute atomic E-state index is 0.114. The zero-order valence-electron chi connectivity index (χ0n) is 19.4. The van der Waals surface area contributed by atoms with Crippen molar-refractivity contribution in [3.05, 3.63) is 64.8 Å². The lowest BCUT2D eigenvalue weighted by atomic mass is 10.1. The highest BCUT2D eigenvalue weighted by Crippen LogP contribution is 2.33. The quantitative estimate of drug-likeness (QED) is 0.250. The Morgan fingerprint density at radius 1 is 1.09 bits per heavy atom. The Hall–Kier alpha value is -4.15. The molecule has 0 fully saturated rings. The predicted octanol–water partition coefficient (Wildman–Crippen LogP) is 3.96. The molecule has 6 N–H and O–H groups in total.